The summed E-state index contributed by atoms with van der Waals surface area (Å²) < 4.78 is 5.20. The number of nitrogens with zero attached hydrogens (tertiary/aromatic N) is 1. The summed E-state index contributed by atoms with van der Waals surface area (Å²) in [5.41, 5.74) is 1.77. The van der Waals surface area contributed by atoms with Crippen molar-refractivity contribution >= 4 is 46.1 Å². The molecule has 0 unspecified atom stereocenters. The van der Waals surface area contributed by atoms with Crippen molar-refractivity contribution in [1.29, 1.82) is 0 Å². The van der Waals surface area contributed by atoms with E-state index in [-0.39, 0.29) is 11.7 Å². The highest BCUT2D eigenvalue weighted by molar-refractivity contribution is 6.42. The molecule has 2 N–H and O–H groups in total. The largest absolute Gasteiger partial charge is 0.491 e. The zero-order chi connectivity index (χ0) is 20.5. The van der Waals surface area contributed by atoms with Gasteiger partial charge in [-0.3, -0.25) is 4.79 Å². The van der Waals surface area contributed by atoms with E-state index in [2.05, 4.69) is 29.0 Å². The summed E-state index contributed by atoms with van der Waals surface area (Å²) in [4.78, 5) is 17.8. The fourth-order valence-electron chi connectivity index (χ4n) is 2.85. The van der Waals surface area contributed by atoms with E-state index >= 15 is 0 Å². The number of hydrogen-bond acceptors (Lipinski definition) is 3. The van der Waals surface area contributed by atoms with Gasteiger partial charge < -0.3 is 19.9 Å². The summed E-state index contributed by atoms with van der Waals surface area (Å²) in [5, 5.41) is 4.88. The van der Waals surface area contributed by atoms with Gasteiger partial charge in [0.25, 0.3) is 5.91 Å². The van der Waals surface area contributed by atoms with Gasteiger partial charge in [-0.15, -0.1) is 0 Å². The lowest BCUT2D eigenvalue weighted by atomic mass is 10.2. The Balaban J connectivity index is 1.93. The monoisotopic (exact) mass is 423 g/mol. The number of carbonyl (C=O) groups excluding carboxylic acids is 1. The molecular formula is C21H27Cl2N3O2. The molecule has 0 bridgehead atoms. The summed E-state index contributed by atoms with van der Waals surface area (Å²) in [5.74, 6) is 0.0446. The van der Waals surface area contributed by atoms with E-state index in [0.29, 0.717) is 16.6 Å². The molecule has 2 aromatic rings. The second-order valence-corrected chi connectivity index (χ2v) is 7.12. The Kier molecular flexibility index (Phi) is 8.90. The summed E-state index contributed by atoms with van der Waals surface area (Å²) in [6, 6.07) is 5.56. The molecule has 0 fully saturated rings. The highest BCUT2D eigenvalue weighted by Crippen LogP contribution is 2.28. The summed E-state index contributed by atoms with van der Waals surface area (Å²) in [6.45, 7) is 7.89. The SMILES string of the molecule is CCN(CC)CCCNC(=O)/C(=C/C=C/c1cc2cc(Cl)c(Cl)cc2[nH]1)OC. The standard InChI is InChI=1S/C21H27Cl2N3O2/c1-4-26(5-2)11-7-10-24-21(27)20(28-3)9-6-8-16-12-15-13-17(22)18(23)14-19(15)25-16/h6,8-9,12-14,25H,4-5,7,10-11H2,1-3H3,(H,24,27)/b8-6+,20-9-. The fraction of sp³-hybridized carbons (Fsp3) is 0.381. The van der Waals surface area contributed by atoms with E-state index in [1.54, 1.807) is 18.2 Å². The van der Waals surface area contributed by atoms with Crippen LogP contribution in [0.5, 0.6) is 0 Å². The molecule has 1 amide bonds. The zero-order valence-electron chi connectivity index (χ0n) is 16.5. The number of allylic oxidation sites excluding steroid dienone is 2. The maximum absolute atomic E-state index is 12.2. The molecule has 1 aromatic heterocycles. The first-order valence-electron chi connectivity index (χ1n) is 9.39. The molecule has 2 rings (SSSR count). The number of amides is 1. The topological polar surface area (TPSA) is 57.4 Å². The lowest BCUT2D eigenvalue weighted by Gasteiger charge is -2.17. The van der Waals surface area contributed by atoms with Crippen molar-refractivity contribution in [2.24, 2.45) is 0 Å². The number of carbonyl (C=O) groups is 1. The van der Waals surface area contributed by atoms with Gasteiger partial charge in [0.15, 0.2) is 5.76 Å². The van der Waals surface area contributed by atoms with Crippen molar-refractivity contribution in [1.82, 2.24) is 15.2 Å². The third-order valence-corrected chi connectivity index (χ3v) is 5.20. The summed E-state index contributed by atoms with van der Waals surface area (Å²) >= 11 is 12.1. The first-order chi connectivity index (χ1) is 13.5. The Labute approximate surface area is 176 Å². The number of H-pyrrole nitrogens is 1. The molecular weight excluding hydrogens is 397 g/mol. The maximum Gasteiger partial charge on any atom is 0.286 e. The van der Waals surface area contributed by atoms with Crippen LogP contribution in [0.15, 0.2) is 36.1 Å². The lowest BCUT2D eigenvalue weighted by Crippen LogP contribution is -2.30. The number of hydrogen-bond donors (Lipinski definition) is 2. The van der Waals surface area contributed by atoms with Crippen molar-refractivity contribution < 1.29 is 9.53 Å². The van der Waals surface area contributed by atoms with Gasteiger partial charge >= 0.3 is 0 Å². The van der Waals surface area contributed by atoms with Crippen molar-refractivity contribution in [3.05, 3.63) is 51.8 Å². The Hall–Kier alpha value is -1.95. The number of fused-ring (bicyclic) bond motifs is 1. The fourth-order valence-corrected chi connectivity index (χ4v) is 3.18. The minimum atomic E-state index is -0.220. The number of aromatic amines is 1. The normalized spacial score (nSPS) is 12.3. The molecule has 7 heteroatoms. The van der Waals surface area contributed by atoms with E-state index < -0.39 is 0 Å². The number of rotatable bonds is 10. The van der Waals surface area contributed by atoms with Crippen LogP contribution in [0.25, 0.3) is 17.0 Å². The number of nitrogens with one attached hydrogen (secondary N) is 2. The van der Waals surface area contributed by atoms with Crippen molar-refractivity contribution in [3.63, 3.8) is 0 Å². The third-order valence-electron chi connectivity index (χ3n) is 4.48. The zero-order valence-corrected chi connectivity index (χ0v) is 18.0. The van der Waals surface area contributed by atoms with Crippen molar-refractivity contribution in [2.75, 3.05) is 33.3 Å². The van der Waals surface area contributed by atoms with Crippen molar-refractivity contribution in [2.45, 2.75) is 20.3 Å². The molecule has 0 radical (unpaired) electrons. The van der Waals surface area contributed by atoms with Crippen LogP contribution in [0.2, 0.25) is 10.0 Å². The van der Waals surface area contributed by atoms with Gasteiger partial charge in [0.2, 0.25) is 0 Å². The van der Waals surface area contributed by atoms with E-state index in [4.69, 9.17) is 27.9 Å². The first-order valence-corrected chi connectivity index (χ1v) is 10.1. The average molecular weight is 424 g/mol. The molecule has 28 heavy (non-hydrogen) atoms. The number of benzene rings is 1. The molecule has 5 nitrogen and oxygen atoms in total. The predicted molar refractivity (Wildman–Crippen MR) is 118 cm³/mol. The van der Waals surface area contributed by atoms with E-state index in [1.165, 1.54) is 7.11 Å². The Morgan fingerprint density at radius 2 is 1.93 bits per heavy atom. The first kappa shape index (κ1) is 22.3. The lowest BCUT2D eigenvalue weighted by molar-refractivity contribution is -0.120. The Bertz CT molecular complexity index is 816. The van der Waals surface area contributed by atoms with Gasteiger partial charge in [0.1, 0.15) is 0 Å². The highest BCUT2D eigenvalue weighted by Gasteiger charge is 2.08. The summed E-state index contributed by atoms with van der Waals surface area (Å²) in [7, 11) is 1.49. The van der Waals surface area contributed by atoms with Crippen LogP contribution in [-0.2, 0) is 9.53 Å². The minimum Gasteiger partial charge on any atom is -0.491 e. The summed E-state index contributed by atoms with van der Waals surface area (Å²) in [6.07, 6.45) is 6.17. The maximum atomic E-state index is 12.2. The smallest absolute Gasteiger partial charge is 0.286 e. The third kappa shape index (κ3) is 6.30. The van der Waals surface area contributed by atoms with Crippen LogP contribution < -0.4 is 5.32 Å². The molecule has 1 aromatic carbocycles. The molecule has 0 atom stereocenters. The molecule has 0 aliphatic carbocycles. The molecule has 0 spiro atoms. The van der Waals surface area contributed by atoms with Crippen LogP contribution in [0, 0.1) is 0 Å². The molecule has 0 saturated carbocycles. The van der Waals surface area contributed by atoms with Gasteiger partial charge in [-0.25, -0.2) is 0 Å². The minimum absolute atomic E-state index is 0.220. The highest BCUT2D eigenvalue weighted by atomic mass is 35.5. The van der Waals surface area contributed by atoms with Crippen LogP contribution in [0.1, 0.15) is 26.0 Å². The number of ether oxygens (including phenoxy) is 1. The molecule has 1 heterocycles. The number of methoxy groups -OCH3 is 1. The Morgan fingerprint density at radius 1 is 1.21 bits per heavy atom. The van der Waals surface area contributed by atoms with Gasteiger partial charge in [0, 0.05) is 23.1 Å². The van der Waals surface area contributed by atoms with E-state index in [1.807, 2.05) is 18.2 Å². The van der Waals surface area contributed by atoms with Crippen molar-refractivity contribution in [3.8, 4) is 0 Å². The quantitative estimate of drug-likeness (QED) is 0.248. The van der Waals surface area contributed by atoms with Gasteiger partial charge in [-0.1, -0.05) is 43.1 Å². The predicted octanol–water partition coefficient (Wildman–Crippen LogP) is 4.87. The molecule has 152 valence electrons. The van der Waals surface area contributed by atoms with E-state index in [0.717, 1.165) is 42.7 Å². The van der Waals surface area contributed by atoms with Crippen LogP contribution >= 0.6 is 23.2 Å². The Morgan fingerprint density at radius 3 is 2.61 bits per heavy atom. The van der Waals surface area contributed by atoms with Gasteiger partial charge in [-0.2, -0.15) is 0 Å². The van der Waals surface area contributed by atoms with Crippen LogP contribution in [0.3, 0.4) is 0 Å². The molecule has 0 aliphatic rings. The molecule has 0 saturated heterocycles. The number of aromatic nitrogens is 1. The number of halogens is 2. The van der Waals surface area contributed by atoms with E-state index in [9.17, 15) is 4.79 Å². The second-order valence-electron chi connectivity index (χ2n) is 6.31. The molecule has 0 aliphatic heterocycles. The van der Waals surface area contributed by atoms with Gasteiger partial charge in [0.05, 0.1) is 17.2 Å². The van der Waals surface area contributed by atoms with Gasteiger partial charge in [-0.05, 0) is 56.4 Å². The van der Waals surface area contributed by atoms with Crippen LogP contribution in [0.4, 0.5) is 0 Å². The average Bonchev–Trinajstić information content (AvgIpc) is 3.07. The second kappa shape index (κ2) is 11.1. The van der Waals surface area contributed by atoms with Crippen LogP contribution in [-0.4, -0.2) is 49.1 Å².